The maximum Gasteiger partial charge on any atom is 0.254 e. The summed E-state index contributed by atoms with van der Waals surface area (Å²) < 4.78 is 1.38. The van der Waals surface area contributed by atoms with Crippen LogP contribution in [0.4, 0.5) is 0 Å². The molecule has 0 radical (unpaired) electrons. The van der Waals surface area contributed by atoms with Gasteiger partial charge in [-0.1, -0.05) is 17.7 Å². The Labute approximate surface area is 137 Å². The molecule has 2 amide bonds. The first-order valence-electron chi connectivity index (χ1n) is 7.17. The van der Waals surface area contributed by atoms with Gasteiger partial charge in [0.05, 0.1) is 0 Å². The number of halogens is 1. The van der Waals surface area contributed by atoms with Crippen LogP contribution in [0, 0.1) is 0 Å². The van der Waals surface area contributed by atoms with Gasteiger partial charge >= 0.3 is 0 Å². The number of carbonyl (C=O) groups is 2. The van der Waals surface area contributed by atoms with Crippen LogP contribution in [0.15, 0.2) is 30.6 Å². The standard InChI is InChI=1S/C14H15ClN6O2/c15-12-3-1-2-11(8-12)14(23)20-6-4-19(5-7-20)13(22)9-21-10-16-17-18-21/h1-3,8,10H,4-7,9H2. The van der Waals surface area contributed by atoms with Crippen LogP contribution in [0.3, 0.4) is 0 Å². The van der Waals surface area contributed by atoms with Crippen molar-refractivity contribution in [2.75, 3.05) is 26.2 Å². The zero-order chi connectivity index (χ0) is 16.2. The summed E-state index contributed by atoms with van der Waals surface area (Å²) in [5.74, 6) is -0.132. The van der Waals surface area contributed by atoms with Gasteiger partial charge in [0.2, 0.25) is 5.91 Å². The van der Waals surface area contributed by atoms with Gasteiger partial charge in [-0.3, -0.25) is 9.59 Å². The van der Waals surface area contributed by atoms with Gasteiger partial charge in [0, 0.05) is 36.8 Å². The lowest BCUT2D eigenvalue weighted by Crippen LogP contribution is -2.51. The van der Waals surface area contributed by atoms with Crippen molar-refractivity contribution in [3.63, 3.8) is 0 Å². The Balaban J connectivity index is 1.55. The topological polar surface area (TPSA) is 84.2 Å². The summed E-state index contributed by atoms with van der Waals surface area (Å²) in [6.07, 6.45) is 1.40. The van der Waals surface area contributed by atoms with Crippen LogP contribution in [0.25, 0.3) is 0 Å². The Morgan fingerprint density at radius 1 is 1.13 bits per heavy atom. The van der Waals surface area contributed by atoms with Gasteiger partial charge in [-0.25, -0.2) is 4.68 Å². The zero-order valence-corrected chi connectivity index (χ0v) is 13.1. The summed E-state index contributed by atoms with van der Waals surface area (Å²) in [4.78, 5) is 28.0. The van der Waals surface area contributed by atoms with Gasteiger partial charge in [0.15, 0.2) is 0 Å². The fourth-order valence-corrected chi connectivity index (χ4v) is 2.64. The minimum Gasteiger partial charge on any atom is -0.338 e. The van der Waals surface area contributed by atoms with Crippen molar-refractivity contribution in [3.8, 4) is 0 Å². The second kappa shape index (κ2) is 6.74. The fraction of sp³-hybridized carbons (Fsp3) is 0.357. The molecular formula is C14H15ClN6O2. The molecule has 0 N–H and O–H groups in total. The number of piperazine rings is 1. The molecule has 1 aliphatic heterocycles. The Kier molecular flexibility index (Phi) is 4.52. The fourth-order valence-electron chi connectivity index (χ4n) is 2.45. The van der Waals surface area contributed by atoms with E-state index >= 15 is 0 Å². The van der Waals surface area contributed by atoms with Crippen LogP contribution in [0.1, 0.15) is 10.4 Å². The monoisotopic (exact) mass is 334 g/mol. The molecule has 3 rings (SSSR count). The van der Waals surface area contributed by atoms with Crippen molar-refractivity contribution in [3.05, 3.63) is 41.2 Å². The first-order chi connectivity index (χ1) is 11.1. The molecule has 2 aromatic rings. The van der Waals surface area contributed by atoms with Crippen LogP contribution >= 0.6 is 11.6 Å². The third-order valence-electron chi connectivity index (χ3n) is 3.68. The molecule has 0 spiro atoms. The molecule has 2 heterocycles. The van der Waals surface area contributed by atoms with Gasteiger partial charge in [0.25, 0.3) is 5.91 Å². The van der Waals surface area contributed by atoms with E-state index in [-0.39, 0.29) is 18.4 Å². The van der Waals surface area contributed by atoms with E-state index in [1.165, 1.54) is 11.0 Å². The minimum absolute atomic E-state index is 0.0628. The Morgan fingerprint density at radius 3 is 2.52 bits per heavy atom. The number of amides is 2. The van der Waals surface area contributed by atoms with E-state index in [4.69, 9.17) is 11.6 Å². The number of rotatable bonds is 3. The van der Waals surface area contributed by atoms with Crippen LogP contribution in [-0.4, -0.2) is 68.0 Å². The molecule has 0 atom stereocenters. The first-order valence-corrected chi connectivity index (χ1v) is 7.54. The molecule has 0 aliphatic carbocycles. The van der Waals surface area contributed by atoms with Crippen molar-refractivity contribution >= 4 is 23.4 Å². The summed E-state index contributed by atoms with van der Waals surface area (Å²) >= 11 is 5.92. The Hall–Kier alpha value is -2.48. The Bertz CT molecular complexity index is 697. The second-order valence-electron chi connectivity index (χ2n) is 5.19. The van der Waals surface area contributed by atoms with E-state index in [0.29, 0.717) is 36.8 Å². The quantitative estimate of drug-likeness (QED) is 0.806. The number of benzene rings is 1. The van der Waals surface area contributed by atoms with Gasteiger partial charge < -0.3 is 9.80 Å². The summed E-state index contributed by atoms with van der Waals surface area (Å²) in [7, 11) is 0. The highest BCUT2D eigenvalue weighted by Gasteiger charge is 2.25. The van der Waals surface area contributed by atoms with Gasteiger partial charge in [-0.2, -0.15) is 0 Å². The van der Waals surface area contributed by atoms with Crippen molar-refractivity contribution in [1.29, 1.82) is 0 Å². The molecule has 9 heteroatoms. The average molecular weight is 335 g/mol. The largest absolute Gasteiger partial charge is 0.338 e. The molecule has 8 nitrogen and oxygen atoms in total. The number of carbonyl (C=O) groups excluding carboxylic acids is 2. The lowest BCUT2D eigenvalue weighted by atomic mass is 10.2. The van der Waals surface area contributed by atoms with Crippen LogP contribution in [-0.2, 0) is 11.3 Å². The van der Waals surface area contributed by atoms with Crippen LogP contribution in [0.2, 0.25) is 5.02 Å². The van der Waals surface area contributed by atoms with Gasteiger partial charge in [-0.05, 0) is 28.6 Å². The summed E-state index contributed by atoms with van der Waals surface area (Å²) in [5.41, 5.74) is 0.561. The van der Waals surface area contributed by atoms with Crippen molar-refractivity contribution in [1.82, 2.24) is 30.0 Å². The highest BCUT2D eigenvalue weighted by molar-refractivity contribution is 6.30. The maximum absolute atomic E-state index is 12.4. The van der Waals surface area contributed by atoms with E-state index in [0.717, 1.165) is 0 Å². The third-order valence-corrected chi connectivity index (χ3v) is 3.91. The van der Waals surface area contributed by atoms with E-state index in [2.05, 4.69) is 15.5 Å². The third kappa shape index (κ3) is 3.65. The van der Waals surface area contributed by atoms with Crippen molar-refractivity contribution < 1.29 is 9.59 Å². The zero-order valence-electron chi connectivity index (χ0n) is 12.3. The van der Waals surface area contributed by atoms with E-state index in [1.54, 1.807) is 34.1 Å². The number of hydrogen-bond donors (Lipinski definition) is 0. The summed E-state index contributed by atoms with van der Waals surface area (Å²) in [6, 6.07) is 6.87. The molecular weight excluding hydrogens is 320 g/mol. The molecule has 1 aromatic heterocycles. The lowest BCUT2D eigenvalue weighted by Gasteiger charge is -2.34. The summed E-state index contributed by atoms with van der Waals surface area (Å²) in [6.45, 7) is 2.08. The normalized spacial score (nSPS) is 14.8. The maximum atomic E-state index is 12.4. The Morgan fingerprint density at radius 2 is 1.87 bits per heavy atom. The number of hydrogen-bond acceptors (Lipinski definition) is 5. The molecule has 0 unspecified atom stereocenters. The van der Waals surface area contributed by atoms with Crippen LogP contribution in [0.5, 0.6) is 0 Å². The van der Waals surface area contributed by atoms with Crippen molar-refractivity contribution in [2.45, 2.75) is 6.54 Å². The number of tetrazole rings is 1. The van der Waals surface area contributed by atoms with Gasteiger partial charge in [-0.15, -0.1) is 5.10 Å². The molecule has 1 aliphatic rings. The average Bonchev–Trinajstić information content (AvgIpc) is 3.07. The molecule has 1 aromatic carbocycles. The smallest absolute Gasteiger partial charge is 0.254 e. The predicted octanol–water partition coefficient (Wildman–Crippen LogP) is 0.311. The first kappa shape index (κ1) is 15.4. The molecule has 120 valence electrons. The lowest BCUT2D eigenvalue weighted by molar-refractivity contribution is -0.133. The van der Waals surface area contributed by atoms with Crippen LogP contribution < -0.4 is 0 Å². The SMILES string of the molecule is O=C(Cn1cnnn1)N1CCN(C(=O)c2cccc(Cl)c2)CC1. The summed E-state index contributed by atoms with van der Waals surface area (Å²) in [5, 5.41) is 11.2. The molecule has 0 saturated carbocycles. The molecule has 0 bridgehead atoms. The van der Waals surface area contributed by atoms with Crippen molar-refractivity contribution in [2.24, 2.45) is 0 Å². The second-order valence-corrected chi connectivity index (χ2v) is 5.63. The molecule has 23 heavy (non-hydrogen) atoms. The molecule has 1 saturated heterocycles. The van der Waals surface area contributed by atoms with E-state index in [9.17, 15) is 9.59 Å². The van der Waals surface area contributed by atoms with E-state index < -0.39 is 0 Å². The molecule has 1 fully saturated rings. The van der Waals surface area contributed by atoms with Gasteiger partial charge in [0.1, 0.15) is 12.9 Å². The number of nitrogens with zero attached hydrogens (tertiary/aromatic N) is 6. The highest BCUT2D eigenvalue weighted by atomic mass is 35.5. The number of aromatic nitrogens is 4. The minimum atomic E-state index is -0.0694. The predicted molar refractivity (Wildman–Crippen MR) is 81.8 cm³/mol. The van der Waals surface area contributed by atoms with E-state index in [1.807, 2.05) is 0 Å². The highest BCUT2D eigenvalue weighted by Crippen LogP contribution is 2.14.